The SMILES string of the molecule is CCOC(=O)c1n[nH]c(C(=O)OCC)c1C(F)(F)C(F)(F)F. The van der Waals surface area contributed by atoms with Gasteiger partial charge in [-0.05, 0) is 13.8 Å². The van der Waals surface area contributed by atoms with E-state index in [0.29, 0.717) is 0 Å². The molecule has 6 nitrogen and oxygen atoms in total. The Morgan fingerprint density at radius 2 is 1.55 bits per heavy atom. The first kappa shape index (κ1) is 17.9. The summed E-state index contributed by atoms with van der Waals surface area (Å²) in [7, 11) is 0. The predicted octanol–water partition coefficient (Wildman–Crippen LogP) is 2.42. The van der Waals surface area contributed by atoms with E-state index in [1.165, 1.54) is 13.8 Å². The average molecular weight is 330 g/mol. The third kappa shape index (κ3) is 3.17. The highest BCUT2D eigenvalue weighted by Gasteiger charge is 2.62. The molecular weight excluding hydrogens is 319 g/mol. The van der Waals surface area contributed by atoms with Crippen molar-refractivity contribution in [2.45, 2.75) is 25.9 Å². The van der Waals surface area contributed by atoms with Crippen LogP contribution in [0.3, 0.4) is 0 Å². The van der Waals surface area contributed by atoms with Gasteiger partial charge in [-0.2, -0.15) is 27.1 Å². The zero-order valence-corrected chi connectivity index (χ0v) is 11.4. The monoisotopic (exact) mass is 330 g/mol. The van der Waals surface area contributed by atoms with Gasteiger partial charge >= 0.3 is 24.0 Å². The van der Waals surface area contributed by atoms with Crippen LogP contribution in [0.4, 0.5) is 22.0 Å². The maximum Gasteiger partial charge on any atom is 0.458 e. The second-order valence-electron chi connectivity index (χ2n) is 3.84. The molecule has 11 heteroatoms. The Hall–Kier alpha value is -2.20. The van der Waals surface area contributed by atoms with E-state index < -0.39 is 41.0 Å². The number of hydrogen-bond donors (Lipinski definition) is 1. The molecule has 0 aromatic carbocycles. The summed E-state index contributed by atoms with van der Waals surface area (Å²) in [6.07, 6.45) is -6.04. The van der Waals surface area contributed by atoms with Crippen LogP contribution in [0.2, 0.25) is 0 Å². The molecule has 0 unspecified atom stereocenters. The van der Waals surface area contributed by atoms with Crippen molar-refractivity contribution >= 4 is 11.9 Å². The molecule has 124 valence electrons. The highest BCUT2D eigenvalue weighted by molar-refractivity contribution is 5.96. The molecule has 0 saturated heterocycles. The molecule has 0 saturated carbocycles. The number of nitrogens with one attached hydrogen (secondary N) is 1. The summed E-state index contributed by atoms with van der Waals surface area (Å²) in [5, 5.41) is 4.71. The summed E-state index contributed by atoms with van der Waals surface area (Å²) in [6.45, 7) is 2.08. The zero-order chi connectivity index (χ0) is 17.1. The number of halogens is 5. The number of rotatable bonds is 5. The summed E-state index contributed by atoms with van der Waals surface area (Å²) in [5.74, 6) is -8.51. The van der Waals surface area contributed by atoms with Gasteiger partial charge in [0, 0.05) is 0 Å². The van der Waals surface area contributed by atoms with E-state index in [2.05, 4.69) is 14.6 Å². The zero-order valence-electron chi connectivity index (χ0n) is 11.4. The molecule has 0 bridgehead atoms. The summed E-state index contributed by atoms with van der Waals surface area (Å²) in [5.41, 5.74) is -4.50. The van der Waals surface area contributed by atoms with Crippen LogP contribution in [0.15, 0.2) is 0 Å². The second kappa shape index (κ2) is 6.28. The van der Waals surface area contributed by atoms with Gasteiger partial charge in [-0.25, -0.2) is 9.59 Å². The number of carbonyl (C=O) groups is 2. The van der Waals surface area contributed by atoms with Crippen LogP contribution >= 0.6 is 0 Å². The normalized spacial score (nSPS) is 12.1. The van der Waals surface area contributed by atoms with Crippen molar-refractivity contribution in [2.24, 2.45) is 0 Å². The topological polar surface area (TPSA) is 81.3 Å². The van der Waals surface area contributed by atoms with E-state index >= 15 is 0 Å². The Balaban J connectivity index is 3.51. The summed E-state index contributed by atoms with van der Waals surface area (Å²) < 4.78 is 73.6. The molecule has 0 radical (unpaired) electrons. The number of nitrogens with zero attached hydrogens (tertiary/aromatic N) is 1. The van der Waals surface area contributed by atoms with Crippen LogP contribution in [-0.4, -0.2) is 41.5 Å². The Morgan fingerprint density at radius 3 is 2.00 bits per heavy atom. The quantitative estimate of drug-likeness (QED) is 0.662. The molecule has 1 N–H and O–H groups in total. The van der Waals surface area contributed by atoms with E-state index in [1.54, 1.807) is 5.10 Å². The van der Waals surface area contributed by atoms with E-state index in [-0.39, 0.29) is 13.2 Å². The van der Waals surface area contributed by atoms with E-state index in [4.69, 9.17) is 0 Å². The van der Waals surface area contributed by atoms with Crippen LogP contribution in [0.25, 0.3) is 0 Å². The van der Waals surface area contributed by atoms with Gasteiger partial charge in [0.2, 0.25) is 0 Å². The molecule has 1 rings (SSSR count). The van der Waals surface area contributed by atoms with E-state index in [0.717, 1.165) is 0 Å². The largest absolute Gasteiger partial charge is 0.461 e. The number of ether oxygens (including phenoxy) is 2. The van der Waals surface area contributed by atoms with Crippen molar-refractivity contribution in [1.29, 1.82) is 0 Å². The van der Waals surface area contributed by atoms with Crippen LogP contribution < -0.4 is 0 Å². The fraction of sp³-hybridized carbons (Fsp3) is 0.545. The Labute approximate surface area is 120 Å². The van der Waals surface area contributed by atoms with Gasteiger partial charge in [0.05, 0.1) is 18.8 Å². The standard InChI is InChI=1S/C11H11F5N2O4/c1-3-21-8(19)6-5(10(12,13)11(14,15)16)7(18-17-6)9(20)22-4-2/h3-4H2,1-2H3,(H,17,18). The fourth-order valence-corrected chi connectivity index (χ4v) is 1.49. The maximum absolute atomic E-state index is 13.6. The molecule has 0 amide bonds. The van der Waals surface area contributed by atoms with Crippen molar-refractivity contribution in [3.05, 3.63) is 17.0 Å². The molecule has 1 heterocycles. The molecule has 0 aliphatic rings. The summed E-state index contributed by atoms with van der Waals surface area (Å²) in [6, 6.07) is 0. The minimum absolute atomic E-state index is 0.274. The average Bonchev–Trinajstić information content (AvgIpc) is 2.83. The number of carbonyl (C=O) groups excluding carboxylic acids is 2. The van der Waals surface area contributed by atoms with Crippen LogP contribution in [-0.2, 0) is 15.4 Å². The minimum Gasteiger partial charge on any atom is -0.461 e. The molecule has 1 aromatic heterocycles. The van der Waals surface area contributed by atoms with Gasteiger partial charge in [-0.1, -0.05) is 0 Å². The van der Waals surface area contributed by atoms with Crippen molar-refractivity contribution in [3.63, 3.8) is 0 Å². The first-order valence-electron chi connectivity index (χ1n) is 5.95. The summed E-state index contributed by atoms with van der Waals surface area (Å²) in [4.78, 5) is 23.0. The Morgan fingerprint density at radius 1 is 1.05 bits per heavy atom. The Kier molecular flexibility index (Phi) is 5.09. The van der Waals surface area contributed by atoms with Gasteiger partial charge in [0.15, 0.2) is 11.4 Å². The highest BCUT2D eigenvalue weighted by Crippen LogP contribution is 2.46. The molecule has 0 fully saturated rings. The lowest BCUT2D eigenvalue weighted by Gasteiger charge is -2.20. The molecule has 0 aliphatic carbocycles. The van der Waals surface area contributed by atoms with Gasteiger partial charge in [0.1, 0.15) is 0 Å². The third-order valence-corrected chi connectivity index (χ3v) is 2.38. The molecule has 22 heavy (non-hydrogen) atoms. The first-order chi connectivity index (χ1) is 10.1. The van der Waals surface area contributed by atoms with Crippen molar-refractivity contribution in [2.75, 3.05) is 13.2 Å². The molecule has 0 aliphatic heterocycles. The van der Waals surface area contributed by atoms with Crippen molar-refractivity contribution in [1.82, 2.24) is 10.2 Å². The maximum atomic E-state index is 13.6. The lowest BCUT2D eigenvalue weighted by Crippen LogP contribution is -2.36. The van der Waals surface area contributed by atoms with Crippen molar-refractivity contribution in [3.8, 4) is 0 Å². The molecule has 0 atom stereocenters. The van der Waals surface area contributed by atoms with E-state index in [1.807, 2.05) is 0 Å². The van der Waals surface area contributed by atoms with Crippen LogP contribution in [0.5, 0.6) is 0 Å². The number of aromatic nitrogens is 2. The van der Waals surface area contributed by atoms with Gasteiger partial charge in [0.25, 0.3) is 0 Å². The molecule has 0 spiro atoms. The summed E-state index contributed by atoms with van der Waals surface area (Å²) >= 11 is 0. The second-order valence-corrected chi connectivity index (χ2v) is 3.84. The van der Waals surface area contributed by atoms with Gasteiger partial charge in [-0.3, -0.25) is 5.10 Å². The Bertz CT molecular complexity index is 532. The van der Waals surface area contributed by atoms with Gasteiger partial charge in [-0.15, -0.1) is 0 Å². The fourth-order valence-electron chi connectivity index (χ4n) is 1.49. The highest BCUT2D eigenvalue weighted by atomic mass is 19.4. The number of aromatic amines is 1. The number of H-pyrrole nitrogens is 1. The smallest absolute Gasteiger partial charge is 0.458 e. The molecule has 1 aromatic rings. The lowest BCUT2D eigenvalue weighted by molar-refractivity contribution is -0.289. The number of esters is 2. The van der Waals surface area contributed by atoms with Crippen LogP contribution in [0, 0.1) is 0 Å². The molecular formula is C11H11F5N2O4. The minimum atomic E-state index is -6.04. The first-order valence-corrected chi connectivity index (χ1v) is 5.95. The third-order valence-electron chi connectivity index (χ3n) is 2.38. The van der Waals surface area contributed by atoms with E-state index in [9.17, 15) is 31.5 Å². The van der Waals surface area contributed by atoms with Gasteiger partial charge < -0.3 is 9.47 Å². The van der Waals surface area contributed by atoms with Crippen molar-refractivity contribution < 1.29 is 41.0 Å². The van der Waals surface area contributed by atoms with Crippen LogP contribution in [0.1, 0.15) is 40.4 Å². The lowest BCUT2D eigenvalue weighted by atomic mass is 10.0. The number of alkyl halides is 5. The predicted molar refractivity (Wildman–Crippen MR) is 60.4 cm³/mol. The number of hydrogen-bond acceptors (Lipinski definition) is 5.